The summed E-state index contributed by atoms with van der Waals surface area (Å²) < 4.78 is 0. The quantitative estimate of drug-likeness (QED) is 0.820. The third-order valence-electron chi connectivity index (χ3n) is 5.24. The van der Waals surface area contributed by atoms with Gasteiger partial charge in [0.05, 0.1) is 28.0 Å². The minimum absolute atomic E-state index is 0.105. The lowest BCUT2D eigenvalue weighted by Crippen LogP contribution is -2.50. The predicted octanol–water partition coefficient (Wildman–Crippen LogP) is 3.96. The Balaban J connectivity index is 1.97. The number of hydrogen-bond donors (Lipinski definition) is 2. The highest BCUT2D eigenvalue weighted by molar-refractivity contribution is 6.43. The van der Waals surface area contributed by atoms with Gasteiger partial charge in [0.15, 0.2) is 5.82 Å². The fraction of sp³-hybridized carbons (Fsp3) is 0.474. The molecule has 1 fully saturated rings. The number of nitrogens with zero attached hydrogens (tertiary/aromatic N) is 3. The molecular formula is C19H24Cl2N4O. The molecule has 0 bridgehead atoms. The van der Waals surface area contributed by atoms with Crippen LogP contribution in [0, 0.1) is 6.92 Å². The average molecular weight is 395 g/mol. The number of aromatic nitrogens is 2. The Morgan fingerprint density at radius 3 is 2.54 bits per heavy atom. The number of aliphatic hydroxyl groups is 1. The van der Waals surface area contributed by atoms with Crippen LogP contribution in [0.1, 0.15) is 37.6 Å². The molecule has 2 heterocycles. The molecule has 0 amide bonds. The van der Waals surface area contributed by atoms with Crippen LogP contribution >= 0.6 is 23.2 Å². The third-order valence-corrected chi connectivity index (χ3v) is 6.06. The van der Waals surface area contributed by atoms with E-state index in [0.717, 1.165) is 49.4 Å². The van der Waals surface area contributed by atoms with Gasteiger partial charge < -0.3 is 15.7 Å². The largest absolute Gasteiger partial charge is 0.390 e. The highest BCUT2D eigenvalue weighted by Gasteiger charge is 2.30. The van der Waals surface area contributed by atoms with E-state index in [1.54, 1.807) is 6.07 Å². The van der Waals surface area contributed by atoms with E-state index in [1.165, 1.54) is 0 Å². The molecule has 1 aliphatic rings. The molecule has 0 radical (unpaired) electrons. The number of hydrogen-bond acceptors (Lipinski definition) is 5. The topological polar surface area (TPSA) is 75.3 Å². The second-order valence-electron chi connectivity index (χ2n) is 6.89. The van der Waals surface area contributed by atoms with E-state index < -0.39 is 0 Å². The molecule has 7 heteroatoms. The van der Waals surface area contributed by atoms with Crippen LogP contribution in [0.3, 0.4) is 0 Å². The molecule has 0 aliphatic carbocycles. The van der Waals surface area contributed by atoms with Gasteiger partial charge in [-0.15, -0.1) is 0 Å². The summed E-state index contributed by atoms with van der Waals surface area (Å²) in [5.41, 5.74) is 8.94. The van der Waals surface area contributed by atoms with E-state index in [0.29, 0.717) is 21.4 Å². The first-order valence-electron chi connectivity index (χ1n) is 8.85. The predicted molar refractivity (Wildman–Crippen MR) is 107 cm³/mol. The maximum Gasteiger partial charge on any atom is 0.153 e. The molecule has 3 rings (SSSR count). The monoisotopic (exact) mass is 394 g/mol. The fourth-order valence-electron chi connectivity index (χ4n) is 3.36. The first-order chi connectivity index (χ1) is 12.4. The summed E-state index contributed by atoms with van der Waals surface area (Å²) in [7, 11) is 0. The zero-order valence-electron chi connectivity index (χ0n) is 15.1. The Morgan fingerprint density at radius 1 is 1.23 bits per heavy atom. The highest BCUT2D eigenvalue weighted by Crippen LogP contribution is 2.35. The first-order valence-corrected chi connectivity index (χ1v) is 9.60. The van der Waals surface area contributed by atoms with Crippen molar-refractivity contribution < 1.29 is 5.11 Å². The number of halogens is 2. The second-order valence-corrected chi connectivity index (χ2v) is 7.68. The van der Waals surface area contributed by atoms with Crippen LogP contribution in [0.25, 0.3) is 11.3 Å². The standard InChI is InChI=1S/C19H24Cl2N4O/c1-3-19(22)7-9-25(10-8-19)18-15(11-26)24-17(12(2)23-18)13-5-4-6-14(20)16(13)21/h4-6,26H,3,7-11,22H2,1-2H3. The zero-order valence-corrected chi connectivity index (χ0v) is 16.6. The third kappa shape index (κ3) is 3.67. The molecule has 1 aromatic heterocycles. The van der Waals surface area contributed by atoms with Gasteiger partial charge in [0, 0.05) is 24.2 Å². The molecule has 2 aromatic rings. The van der Waals surface area contributed by atoms with Crippen LogP contribution in [0.4, 0.5) is 5.82 Å². The smallest absolute Gasteiger partial charge is 0.153 e. The lowest BCUT2D eigenvalue weighted by molar-refractivity contribution is 0.275. The highest BCUT2D eigenvalue weighted by atomic mass is 35.5. The fourth-order valence-corrected chi connectivity index (χ4v) is 3.75. The number of anilines is 1. The van der Waals surface area contributed by atoms with Crippen LogP contribution < -0.4 is 10.6 Å². The van der Waals surface area contributed by atoms with Crippen molar-refractivity contribution in [3.05, 3.63) is 39.6 Å². The van der Waals surface area contributed by atoms with Crippen molar-refractivity contribution in [2.45, 2.75) is 45.3 Å². The van der Waals surface area contributed by atoms with Crippen molar-refractivity contribution in [2.24, 2.45) is 5.73 Å². The number of rotatable bonds is 4. The van der Waals surface area contributed by atoms with Gasteiger partial charge in [-0.3, -0.25) is 0 Å². The van der Waals surface area contributed by atoms with E-state index in [-0.39, 0.29) is 12.1 Å². The van der Waals surface area contributed by atoms with Crippen molar-refractivity contribution >= 4 is 29.0 Å². The van der Waals surface area contributed by atoms with Gasteiger partial charge >= 0.3 is 0 Å². The van der Waals surface area contributed by atoms with Crippen molar-refractivity contribution in [1.29, 1.82) is 0 Å². The van der Waals surface area contributed by atoms with Gasteiger partial charge in [-0.25, -0.2) is 9.97 Å². The molecule has 0 spiro atoms. The molecular weight excluding hydrogens is 371 g/mol. The Morgan fingerprint density at radius 2 is 1.92 bits per heavy atom. The number of benzene rings is 1. The van der Waals surface area contributed by atoms with Crippen molar-refractivity contribution in [3.63, 3.8) is 0 Å². The van der Waals surface area contributed by atoms with Gasteiger partial charge in [-0.2, -0.15) is 0 Å². The lowest BCUT2D eigenvalue weighted by atomic mass is 9.86. The molecule has 0 saturated carbocycles. The normalized spacial score (nSPS) is 16.8. The Kier molecular flexibility index (Phi) is 5.72. The van der Waals surface area contributed by atoms with Crippen LogP contribution in [0.15, 0.2) is 18.2 Å². The maximum atomic E-state index is 9.87. The van der Waals surface area contributed by atoms with Gasteiger partial charge in [-0.05, 0) is 32.3 Å². The lowest BCUT2D eigenvalue weighted by Gasteiger charge is -2.39. The van der Waals surface area contributed by atoms with Crippen molar-refractivity contribution in [3.8, 4) is 11.3 Å². The summed E-state index contributed by atoms with van der Waals surface area (Å²) >= 11 is 12.5. The van der Waals surface area contributed by atoms with Crippen LogP contribution in [0.2, 0.25) is 10.0 Å². The molecule has 3 N–H and O–H groups in total. The molecule has 0 atom stereocenters. The summed E-state index contributed by atoms with van der Waals surface area (Å²) in [4.78, 5) is 11.6. The van der Waals surface area contributed by atoms with E-state index in [4.69, 9.17) is 33.9 Å². The SMILES string of the molecule is CCC1(N)CCN(c2nc(C)c(-c3cccc(Cl)c3Cl)nc2CO)CC1. The number of nitrogens with two attached hydrogens (primary N) is 1. The Hall–Kier alpha value is -1.40. The summed E-state index contributed by atoms with van der Waals surface area (Å²) in [5.74, 6) is 0.727. The molecule has 1 aromatic carbocycles. The van der Waals surface area contributed by atoms with Crippen LogP contribution in [-0.4, -0.2) is 33.7 Å². The maximum absolute atomic E-state index is 9.87. The number of piperidine rings is 1. The Labute approximate surface area is 164 Å². The zero-order chi connectivity index (χ0) is 18.9. The van der Waals surface area contributed by atoms with Gasteiger partial charge in [0.25, 0.3) is 0 Å². The molecule has 1 aliphatic heterocycles. The van der Waals surface area contributed by atoms with Gasteiger partial charge in [0.2, 0.25) is 0 Å². The van der Waals surface area contributed by atoms with Crippen molar-refractivity contribution in [2.75, 3.05) is 18.0 Å². The molecule has 5 nitrogen and oxygen atoms in total. The van der Waals surface area contributed by atoms with Crippen LogP contribution in [0.5, 0.6) is 0 Å². The van der Waals surface area contributed by atoms with E-state index in [1.807, 2.05) is 19.1 Å². The summed E-state index contributed by atoms with van der Waals surface area (Å²) in [6, 6.07) is 5.42. The molecule has 26 heavy (non-hydrogen) atoms. The molecule has 1 saturated heterocycles. The van der Waals surface area contributed by atoms with E-state index >= 15 is 0 Å². The van der Waals surface area contributed by atoms with E-state index in [9.17, 15) is 5.11 Å². The summed E-state index contributed by atoms with van der Waals surface area (Å²) in [6.07, 6.45) is 2.76. The Bertz CT molecular complexity index is 804. The number of aliphatic hydroxyl groups excluding tert-OH is 1. The van der Waals surface area contributed by atoms with E-state index in [2.05, 4.69) is 16.8 Å². The number of aryl methyl sites for hydroxylation is 1. The second kappa shape index (κ2) is 7.69. The average Bonchev–Trinajstić information content (AvgIpc) is 2.65. The molecule has 140 valence electrons. The van der Waals surface area contributed by atoms with Gasteiger partial charge in [-0.1, -0.05) is 42.3 Å². The van der Waals surface area contributed by atoms with Crippen LogP contribution in [-0.2, 0) is 6.61 Å². The molecule has 0 unspecified atom stereocenters. The summed E-state index contributed by atoms with van der Waals surface area (Å²) in [6.45, 7) is 5.45. The van der Waals surface area contributed by atoms with Gasteiger partial charge in [0.1, 0.15) is 5.69 Å². The van der Waals surface area contributed by atoms with Crippen molar-refractivity contribution in [1.82, 2.24) is 9.97 Å². The first kappa shape index (κ1) is 19.4. The minimum atomic E-state index is -0.189. The minimum Gasteiger partial charge on any atom is -0.390 e. The summed E-state index contributed by atoms with van der Waals surface area (Å²) in [5, 5.41) is 10.8.